The van der Waals surface area contributed by atoms with Crippen LogP contribution < -0.4 is 5.73 Å². The third-order valence-corrected chi connectivity index (χ3v) is 10.9. The van der Waals surface area contributed by atoms with E-state index in [1.807, 2.05) is 0 Å². The normalized spacial score (nSPS) is 31.8. The van der Waals surface area contributed by atoms with Crippen molar-refractivity contribution >= 4 is 21.6 Å². The van der Waals surface area contributed by atoms with E-state index >= 15 is 0 Å². The Morgan fingerprint density at radius 2 is 0.971 bits per heavy atom. The number of rotatable bonds is 6. The molecule has 0 unspecified atom stereocenters. The fourth-order valence-corrected chi connectivity index (χ4v) is 9.92. The molecule has 2 heteroatoms. The summed E-state index contributed by atoms with van der Waals surface area (Å²) in [5, 5.41) is 0. The number of anilines is 1. The third-order valence-electron chi connectivity index (χ3n) is 10.2. The molecule has 0 fully saturated rings. The summed E-state index contributed by atoms with van der Waals surface area (Å²) in [5.41, 5.74) is 16.7. The quantitative estimate of drug-likeness (QED) is 0.327. The zero-order valence-electron chi connectivity index (χ0n) is 21.0. The molecule has 0 radical (unpaired) electrons. The van der Waals surface area contributed by atoms with Crippen LogP contribution in [0.3, 0.4) is 0 Å². The van der Waals surface area contributed by atoms with Gasteiger partial charge in [-0.15, -0.1) is 0 Å². The fourth-order valence-electron chi connectivity index (χ4n) is 9.58. The van der Waals surface area contributed by atoms with Gasteiger partial charge < -0.3 is 5.73 Å². The van der Waals surface area contributed by atoms with Gasteiger partial charge in [0.1, 0.15) is 0 Å². The van der Waals surface area contributed by atoms with Crippen LogP contribution in [0.2, 0.25) is 0 Å². The number of nitrogen functional groups attached to an aromatic ring is 1. The van der Waals surface area contributed by atoms with Crippen LogP contribution in [0.15, 0.2) is 65.1 Å². The highest BCUT2D eigenvalue weighted by Gasteiger charge is 2.82. The van der Waals surface area contributed by atoms with Crippen LogP contribution in [0.5, 0.6) is 0 Å². The van der Waals surface area contributed by atoms with Gasteiger partial charge in [-0.2, -0.15) is 0 Å². The van der Waals surface area contributed by atoms with Gasteiger partial charge in [0, 0.05) is 31.8 Å². The zero-order chi connectivity index (χ0) is 23.9. The first-order valence-corrected chi connectivity index (χ1v) is 14.0. The molecule has 34 heavy (non-hydrogen) atoms. The molecule has 0 spiro atoms. The summed E-state index contributed by atoms with van der Waals surface area (Å²) in [6, 6.07) is 23.7. The minimum absolute atomic E-state index is 0.000462. The van der Waals surface area contributed by atoms with Gasteiger partial charge in [-0.3, -0.25) is 0 Å². The van der Waals surface area contributed by atoms with E-state index in [1.165, 1.54) is 24.0 Å². The second-order valence-electron chi connectivity index (χ2n) is 11.1. The average molecular weight is 515 g/mol. The Morgan fingerprint density at radius 3 is 1.35 bits per heavy atom. The summed E-state index contributed by atoms with van der Waals surface area (Å²) in [5.74, 6) is 0. The number of hydrogen-bond acceptors (Lipinski definition) is 1. The Morgan fingerprint density at radius 1 is 0.618 bits per heavy atom. The molecule has 6 rings (SSSR count). The molecule has 1 nitrogen and oxygen atoms in total. The minimum Gasteiger partial charge on any atom is -0.398 e. The van der Waals surface area contributed by atoms with Crippen LogP contribution in [-0.2, 0) is 16.2 Å². The van der Waals surface area contributed by atoms with Gasteiger partial charge in [0.2, 0.25) is 0 Å². The molecule has 3 aromatic rings. The van der Waals surface area contributed by atoms with Gasteiger partial charge in [-0.25, -0.2) is 0 Å². The van der Waals surface area contributed by atoms with Crippen molar-refractivity contribution in [2.45, 2.75) is 82.5 Å². The van der Waals surface area contributed by atoms with E-state index in [9.17, 15) is 0 Å². The molecule has 0 saturated heterocycles. The minimum atomic E-state index is -0.0497. The van der Waals surface area contributed by atoms with E-state index in [4.69, 9.17) is 5.73 Å². The summed E-state index contributed by atoms with van der Waals surface area (Å²) in [6.45, 7) is 9.79. The van der Waals surface area contributed by atoms with Crippen molar-refractivity contribution in [2.75, 3.05) is 5.73 Å². The monoisotopic (exact) mass is 513 g/mol. The summed E-state index contributed by atoms with van der Waals surface area (Å²) in [4.78, 5) is 0. The van der Waals surface area contributed by atoms with Crippen LogP contribution in [0.1, 0.15) is 99.6 Å². The van der Waals surface area contributed by atoms with E-state index < -0.39 is 0 Å². The molecule has 0 aromatic heterocycles. The molecule has 0 amide bonds. The van der Waals surface area contributed by atoms with Crippen molar-refractivity contribution in [1.29, 1.82) is 0 Å². The van der Waals surface area contributed by atoms with Crippen LogP contribution in [0.4, 0.5) is 5.69 Å². The molecule has 176 valence electrons. The van der Waals surface area contributed by atoms with Crippen molar-refractivity contribution in [1.82, 2.24) is 0 Å². The largest absolute Gasteiger partial charge is 0.398 e. The second kappa shape index (κ2) is 7.23. The van der Waals surface area contributed by atoms with E-state index in [1.54, 1.807) is 22.3 Å². The van der Waals surface area contributed by atoms with E-state index in [0.717, 1.165) is 35.8 Å². The van der Waals surface area contributed by atoms with Crippen LogP contribution >= 0.6 is 15.9 Å². The molecule has 3 aromatic carbocycles. The lowest BCUT2D eigenvalue weighted by molar-refractivity contribution is 0.0540. The maximum absolute atomic E-state index is 6.65. The molecule has 0 bridgehead atoms. The smallest absolute Gasteiger partial charge is 0.0461 e. The van der Waals surface area contributed by atoms with Crippen molar-refractivity contribution < 1.29 is 0 Å². The molecule has 3 aliphatic carbocycles. The van der Waals surface area contributed by atoms with Gasteiger partial charge in [0.15, 0.2) is 0 Å². The van der Waals surface area contributed by atoms with Crippen LogP contribution in [0.25, 0.3) is 0 Å². The number of halogens is 1. The number of fused-ring (bicyclic) bond motifs is 9. The topological polar surface area (TPSA) is 26.0 Å². The molecule has 2 N–H and O–H groups in total. The Bertz CT molecular complexity index is 1220. The number of hydrogen-bond donors (Lipinski definition) is 1. The first kappa shape index (κ1) is 22.4. The highest BCUT2D eigenvalue weighted by Crippen LogP contribution is 2.85. The van der Waals surface area contributed by atoms with Gasteiger partial charge in [0.25, 0.3) is 0 Å². The Labute approximate surface area is 213 Å². The van der Waals surface area contributed by atoms with E-state index in [0.29, 0.717) is 0 Å². The van der Waals surface area contributed by atoms with Gasteiger partial charge in [-0.05, 0) is 80.7 Å². The number of nitrogens with two attached hydrogens (primary N) is 1. The SMILES string of the molecule is CCC[C@@]12c3ccccc3[C@@]3(CCC)c4cc(N)c(Br)cc4[C@@](CCC)(c4ccccc41)[C@@]23C. The lowest BCUT2D eigenvalue weighted by atomic mass is 9.48. The highest BCUT2D eigenvalue weighted by atomic mass is 79.9. The molecule has 0 aliphatic heterocycles. The maximum atomic E-state index is 6.65. The van der Waals surface area contributed by atoms with E-state index in [-0.39, 0.29) is 21.7 Å². The van der Waals surface area contributed by atoms with Gasteiger partial charge in [0.05, 0.1) is 0 Å². The first-order valence-electron chi connectivity index (χ1n) is 13.2. The molecular weight excluding hydrogens is 478 g/mol. The molecular formula is C32H36BrN. The zero-order valence-corrected chi connectivity index (χ0v) is 22.6. The predicted octanol–water partition coefficient (Wildman–Crippen LogP) is 8.64. The summed E-state index contributed by atoms with van der Waals surface area (Å²) in [6.07, 6.45) is 6.98. The molecule has 3 aliphatic rings. The Kier molecular flexibility index (Phi) is 4.76. The number of benzene rings is 3. The summed E-state index contributed by atoms with van der Waals surface area (Å²) >= 11 is 3.84. The lowest BCUT2D eigenvalue weighted by Gasteiger charge is -2.53. The Balaban J connectivity index is 1.92. The van der Waals surface area contributed by atoms with Crippen molar-refractivity contribution in [2.24, 2.45) is 5.41 Å². The second-order valence-corrected chi connectivity index (χ2v) is 12.0. The first-order chi connectivity index (χ1) is 16.4. The fraction of sp³-hybridized carbons (Fsp3) is 0.438. The standard InChI is InChI=1S/C32H36BrN/c1-5-16-30-21-12-8-10-14-23(21)31(17-6-2)25-19-27(33)28(34)20-26(25)32(18-7-3,29(30,31)4)24-15-11-9-13-22(24)30/h8-15,19-20H,5-7,16-18,34H2,1-4H3/t29-,30+,31-,32+/m1/s1. The third kappa shape index (κ3) is 2.04. The molecule has 0 heterocycles. The van der Waals surface area contributed by atoms with Crippen LogP contribution in [0, 0.1) is 5.41 Å². The van der Waals surface area contributed by atoms with Crippen molar-refractivity contribution in [3.63, 3.8) is 0 Å². The molecule has 0 saturated carbocycles. The highest BCUT2D eigenvalue weighted by molar-refractivity contribution is 9.10. The van der Waals surface area contributed by atoms with Crippen molar-refractivity contribution in [3.8, 4) is 0 Å². The van der Waals surface area contributed by atoms with Crippen LogP contribution in [-0.4, -0.2) is 0 Å². The van der Waals surface area contributed by atoms with Crippen molar-refractivity contribution in [3.05, 3.63) is 98.5 Å². The Hall–Kier alpha value is -2.06. The van der Waals surface area contributed by atoms with E-state index in [2.05, 4.69) is 104 Å². The summed E-state index contributed by atoms with van der Waals surface area (Å²) in [7, 11) is 0. The lowest BCUT2D eigenvalue weighted by Crippen LogP contribution is -2.54. The van der Waals surface area contributed by atoms with Gasteiger partial charge in [-0.1, -0.05) is 95.5 Å². The predicted molar refractivity (Wildman–Crippen MR) is 147 cm³/mol. The maximum Gasteiger partial charge on any atom is 0.0461 e. The average Bonchev–Trinajstić information content (AvgIpc) is 3.24. The van der Waals surface area contributed by atoms with Gasteiger partial charge >= 0.3 is 0 Å². The molecule has 4 atom stereocenters. The summed E-state index contributed by atoms with van der Waals surface area (Å²) < 4.78 is 1.04.